The van der Waals surface area contributed by atoms with Crippen molar-refractivity contribution in [2.45, 2.75) is 31.8 Å². The minimum atomic E-state index is 0.181. The molecule has 1 atom stereocenters. The van der Waals surface area contributed by atoms with Gasteiger partial charge in [-0.05, 0) is 37.1 Å². The van der Waals surface area contributed by atoms with Gasteiger partial charge in [0.1, 0.15) is 5.84 Å². The maximum Gasteiger partial charge on any atom is 0.121 e. The second-order valence-corrected chi connectivity index (χ2v) is 7.85. The van der Waals surface area contributed by atoms with Crippen molar-refractivity contribution in [2.24, 2.45) is 4.99 Å². The summed E-state index contributed by atoms with van der Waals surface area (Å²) in [4.78, 5) is 10.2. The molecule has 2 saturated heterocycles. The number of rotatable bonds is 6. The molecule has 0 amide bonds. The molecular formula is C24H32N4. The molecule has 0 spiro atoms. The highest BCUT2D eigenvalue weighted by Crippen LogP contribution is 2.22. The van der Waals surface area contributed by atoms with E-state index in [2.05, 4.69) is 75.8 Å². The van der Waals surface area contributed by atoms with Crippen LogP contribution >= 0.6 is 0 Å². The van der Waals surface area contributed by atoms with Gasteiger partial charge < -0.3 is 15.1 Å². The Labute approximate surface area is 169 Å². The van der Waals surface area contributed by atoms with Crippen molar-refractivity contribution < 1.29 is 0 Å². The highest BCUT2D eigenvalue weighted by atomic mass is 15.3. The number of nitrogens with zero attached hydrogens (tertiary/aromatic N) is 3. The van der Waals surface area contributed by atoms with Crippen molar-refractivity contribution in [3.05, 3.63) is 71.8 Å². The molecule has 1 N–H and O–H groups in total. The molecule has 0 radical (unpaired) electrons. The van der Waals surface area contributed by atoms with Crippen LogP contribution in [-0.2, 0) is 6.54 Å². The zero-order valence-corrected chi connectivity index (χ0v) is 16.8. The number of aliphatic imine (C=N–C) groups is 1. The molecule has 2 aliphatic rings. The van der Waals surface area contributed by atoms with Crippen molar-refractivity contribution in [3.8, 4) is 0 Å². The number of benzene rings is 2. The molecule has 2 fully saturated rings. The van der Waals surface area contributed by atoms with E-state index in [0.717, 1.165) is 32.7 Å². The number of piperidine rings is 1. The van der Waals surface area contributed by atoms with Crippen LogP contribution in [0.3, 0.4) is 0 Å². The Morgan fingerprint density at radius 1 is 0.857 bits per heavy atom. The number of hydrogen-bond donors (Lipinski definition) is 1. The molecule has 4 rings (SSSR count). The van der Waals surface area contributed by atoms with Crippen LogP contribution in [-0.4, -0.2) is 54.9 Å². The predicted molar refractivity (Wildman–Crippen MR) is 117 cm³/mol. The fourth-order valence-electron chi connectivity index (χ4n) is 4.29. The Bertz CT molecular complexity index is 738. The maximum atomic E-state index is 5.15. The molecule has 4 heteroatoms. The lowest BCUT2D eigenvalue weighted by Crippen LogP contribution is -2.50. The normalized spacial score (nSPS) is 22.5. The third kappa shape index (κ3) is 5.00. The van der Waals surface area contributed by atoms with E-state index in [1.807, 2.05) is 0 Å². The van der Waals surface area contributed by atoms with Gasteiger partial charge in [0.25, 0.3) is 0 Å². The van der Waals surface area contributed by atoms with Gasteiger partial charge in [0.05, 0.1) is 12.6 Å². The van der Waals surface area contributed by atoms with Crippen LogP contribution in [0.2, 0.25) is 0 Å². The highest BCUT2D eigenvalue weighted by Gasteiger charge is 2.27. The van der Waals surface area contributed by atoms with E-state index in [4.69, 9.17) is 4.99 Å². The van der Waals surface area contributed by atoms with E-state index < -0.39 is 0 Å². The molecule has 2 aromatic rings. The smallest absolute Gasteiger partial charge is 0.121 e. The van der Waals surface area contributed by atoms with Crippen molar-refractivity contribution >= 4 is 5.84 Å². The molecule has 4 nitrogen and oxygen atoms in total. The van der Waals surface area contributed by atoms with Crippen LogP contribution in [0, 0.1) is 0 Å². The number of nitrogens with one attached hydrogen (secondary N) is 1. The third-order valence-electron chi connectivity index (χ3n) is 5.80. The second-order valence-electron chi connectivity index (χ2n) is 7.85. The highest BCUT2D eigenvalue weighted by molar-refractivity contribution is 5.89. The molecule has 148 valence electrons. The zero-order valence-electron chi connectivity index (χ0n) is 16.8. The monoisotopic (exact) mass is 376 g/mol. The summed E-state index contributed by atoms with van der Waals surface area (Å²) in [6, 6.07) is 21.7. The summed E-state index contributed by atoms with van der Waals surface area (Å²) in [7, 11) is 0. The van der Waals surface area contributed by atoms with Gasteiger partial charge in [0, 0.05) is 26.2 Å². The summed E-state index contributed by atoms with van der Waals surface area (Å²) in [6.07, 6.45) is 4.06. The van der Waals surface area contributed by atoms with Crippen LogP contribution in [0.5, 0.6) is 0 Å². The van der Waals surface area contributed by atoms with E-state index in [0.29, 0.717) is 0 Å². The van der Waals surface area contributed by atoms with Crippen molar-refractivity contribution in [1.29, 1.82) is 0 Å². The quantitative estimate of drug-likeness (QED) is 0.834. The summed E-state index contributed by atoms with van der Waals surface area (Å²) in [5.74, 6) is 1.19. The molecule has 1 unspecified atom stereocenters. The van der Waals surface area contributed by atoms with Gasteiger partial charge in [-0.3, -0.25) is 4.99 Å². The Morgan fingerprint density at radius 2 is 1.57 bits per heavy atom. The average molecular weight is 377 g/mol. The van der Waals surface area contributed by atoms with Crippen molar-refractivity contribution in [2.75, 3.05) is 39.3 Å². The van der Waals surface area contributed by atoms with Gasteiger partial charge in [-0.2, -0.15) is 0 Å². The summed E-state index contributed by atoms with van der Waals surface area (Å²) in [6.45, 7) is 7.33. The van der Waals surface area contributed by atoms with Gasteiger partial charge in [-0.15, -0.1) is 0 Å². The molecular weight excluding hydrogens is 344 g/mol. The number of amidine groups is 1. The van der Waals surface area contributed by atoms with Crippen LogP contribution in [0.1, 0.15) is 36.4 Å². The zero-order chi connectivity index (χ0) is 19.0. The number of piperazine rings is 1. The Balaban J connectivity index is 1.52. The lowest BCUT2D eigenvalue weighted by atomic mass is 10.0. The van der Waals surface area contributed by atoms with Crippen LogP contribution in [0.4, 0.5) is 0 Å². The molecule has 28 heavy (non-hydrogen) atoms. The van der Waals surface area contributed by atoms with Crippen molar-refractivity contribution in [3.63, 3.8) is 0 Å². The molecule has 0 bridgehead atoms. The Hall–Kier alpha value is -2.17. The Morgan fingerprint density at radius 3 is 2.32 bits per heavy atom. The summed E-state index contributed by atoms with van der Waals surface area (Å²) in [5.41, 5.74) is 2.65. The molecule has 2 heterocycles. The average Bonchev–Trinajstić information content (AvgIpc) is 2.77. The van der Waals surface area contributed by atoms with Gasteiger partial charge >= 0.3 is 0 Å². The van der Waals surface area contributed by atoms with Gasteiger partial charge in [0.15, 0.2) is 0 Å². The van der Waals surface area contributed by atoms with E-state index in [1.165, 1.54) is 49.3 Å². The van der Waals surface area contributed by atoms with Crippen LogP contribution in [0.15, 0.2) is 65.7 Å². The molecule has 0 saturated carbocycles. The Kier molecular flexibility index (Phi) is 6.74. The van der Waals surface area contributed by atoms with Crippen LogP contribution in [0.25, 0.3) is 0 Å². The topological polar surface area (TPSA) is 30.9 Å². The number of likely N-dealkylation sites (tertiary alicyclic amines) is 1. The SMILES string of the molecule is c1ccc(CN2CCNC(c3ccccc3)C2=NCCN2CCCCC2)cc1. The fourth-order valence-corrected chi connectivity index (χ4v) is 4.29. The fraction of sp³-hybridized carbons (Fsp3) is 0.458. The van der Waals surface area contributed by atoms with E-state index in [1.54, 1.807) is 0 Å². The lowest BCUT2D eigenvalue weighted by molar-refractivity contribution is 0.234. The third-order valence-corrected chi connectivity index (χ3v) is 5.80. The van der Waals surface area contributed by atoms with E-state index in [-0.39, 0.29) is 6.04 Å². The van der Waals surface area contributed by atoms with E-state index in [9.17, 15) is 0 Å². The predicted octanol–water partition coefficient (Wildman–Crippen LogP) is 3.72. The summed E-state index contributed by atoms with van der Waals surface area (Å²) < 4.78 is 0. The first kappa shape index (κ1) is 19.2. The number of hydrogen-bond acceptors (Lipinski definition) is 3. The molecule has 2 aromatic carbocycles. The summed E-state index contributed by atoms with van der Waals surface area (Å²) in [5, 5.41) is 3.70. The van der Waals surface area contributed by atoms with E-state index >= 15 is 0 Å². The van der Waals surface area contributed by atoms with Crippen LogP contribution < -0.4 is 5.32 Å². The summed E-state index contributed by atoms with van der Waals surface area (Å²) >= 11 is 0. The minimum absolute atomic E-state index is 0.181. The largest absolute Gasteiger partial charge is 0.353 e. The first-order valence-electron chi connectivity index (χ1n) is 10.7. The first-order chi connectivity index (χ1) is 13.9. The molecule has 0 aromatic heterocycles. The van der Waals surface area contributed by atoms with Gasteiger partial charge in [-0.25, -0.2) is 0 Å². The first-order valence-corrected chi connectivity index (χ1v) is 10.7. The molecule has 0 aliphatic carbocycles. The molecule has 2 aliphatic heterocycles. The lowest BCUT2D eigenvalue weighted by Gasteiger charge is -2.37. The maximum absolute atomic E-state index is 5.15. The van der Waals surface area contributed by atoms with Gasteiger partial charge in [-0.1, -0.05) is 67.1 Å². The second kappa shape index (κ2) is 9.85. The minimum Gasteiger partial charge on any atom is -0.353 e. The van der Waals surface area contributed by atoms with Crippen molar-refractivity contribution in [1.82, 2.24) is 15.1 Å². The van der Waals surface area contributed by atoms with Gasteiger partial charge in [0.2, 0.25) is 0 Å². The standard InChI is InChI=1S/C24H32N4/c1-4-10-21(11-5-1)20-28-19-15-25-23(22-12-6-2-7-13-22)24(28)26-14-18-27-16-8-3-9-17-27/h1-2,4-7,10-13,23,25H,3,8-9,14-20H2.